The number of nitrogens with one attached hydrogen (secondary N) is 1. The number of sulfonamides is 1. The van der Waals surface area contributed by atoms with Crippen LogP contribution in [0.15, 0.2) is 40.1 Å². The number of piperazine rings is 1. The maximum Gasteiger partial charge on any atom is 0.339 e. The number of benzene rings is 1. The van der Waals surface area contributed by atoms with Crippen molar-refractivity contribution in [2.24, 2.45) is 0 Å². The van der Waals surface area contributed by atoms with Crippen LogP contribution in [0, 0.1) is 11.3 Å². The molecule has 4 heterocycles. The van der Waals surface area contributed by atoms with Crippen molar-refractivity contribution in [2.75, 3.05) is 33.2 Å². The van der Waals surface area contributed by atoms with Crippen molar-refractivity contribution in [1.82, 2.24) is 24.5 Å². The van der Waals surface area contributed by atoms with Gasteiger partial charge in [0.05, 0.1) is 11.8 Å². The average Bonchev–Trinajstić information content (AvgIpc) is 3.42. The topological polar surface area (TPSA) is 109 Å². The summed E-state index contributed by atoms with van der Waals surface area (Å²) in [5.74, 6) is 0.573. The molecule has 10 nitrogen and oxygen atoms in total. The highest BCUT2D eigenvalue weighted by Crippen LogP contribution is 2.34. The minimum absolute atomic E-state index is 0.111. The summed E-state index contributed by atoms with van der Waals surface area (Å²) in [5, 5.41) is 12.1. The molecule has 2 aromatic rings. The fourth-order valence-corrected chi connectivity index (χ4v) is 8.08. The molecular weight excluding hydrogens is 524 g/mol. The first kappa shape index (κ1) is 25.0. The summed E-state index contributed by atoms with van der Waals surface area (Å²) in [6, 6.07) is 8.41. The number of halogens is 1. The van der Waals surface area contributed by atoms with Crippen LogP contribution in [0.3, 0.4) is 0 Å². The normalized spacial score (nSPS) is 22.9. The van der Waals surface area contributed by atoms with Gasteiger partial charge in [0.25, 0.3) is 10.0 Å². The maximum atomic E-state index is 13.5. The van der Waals surface area contributed by atoms with E-state index < -0.39 is 16.1 Å². The fourth-order valence-electron chi connectivity index (χ4n) is 4.78. The number of rotatable bonds is 4. The van der Waals surface area contributed by atoms with Crippen molar-refractivity contribution in [3.63, 3.8) is 0 Å². The van der Waals surface area contributed by atoms with Crippen LogP contribution in [-0.2, 0) is 14.8 Å². The van der Waals surface area contributed by atoms with E-state index in [4.69, 9.17) is 16.3 Å². The molecule has 0 radical (unpaired) electrons. The van der Waals surface area contributed by atoms with Gasteiger partial charge in [-0.15, -0.1) is 11.3 Å². The van der Waals surface area contributed by atoms with E-state index in [9.17, 15) is 18.5 Å². The van der Waals surface area contributed by atoms with Gasteiger partial charge in [-0.2, -0.15) is 9.57 Å². The molecule has 0 bridgehead atoms. The number of nitriles is 1. The summed E-state index contributed by atoms with van der Waals surface area (Å²) in [4.78, 5) is 17.2. The number of nitrogens with zero attached hydrogens (tertiary/aromatic N) is 5. The molecular formula is C23H27ClN6O4S2. The lowest BCUT2D eigenvalue weighted by Crippen LogP contribution is -2.61. The van der Waals surface area contributed by atoms with E-state index in [2.05, 4.69) is 11.5 Å². The molecule has 0 aliphatic carbocycles. The van der Waals surface area contributed by atoms with Crippen molar-refractivity contribution in [2.45, 2.75) is 42.7 Å². The number of hydrazine groups is 1. The predicted molar refractivity (Wildman–Crippen MR) is 136 cm³/mol. The quantitative estimate of drug-likeness (QED) is 0.621. The number of hydrogen-bond donors (Lipinski definition) is 1. The first-order valence-corrected chi connectivity index (χ1v) is 14.4. The van der Waals surface area contributed by atoms with Crippen LogP contribution < -0.4 is 5.43 Å². The highest BCUT2D eigenvalue weighted by atomic mass is 35.5. The first-order chi connectivity index (χ1) is 17.2. The van der Waals surface area contributed by atoms with Crippen molar-refractivity contribution >= 4 is 49.1 Å². The first-order valence-electron chi connectivity index (χ1n) is 11.7. The van der Waals surface area contributed by atoms with E-state index in [-0.39, 0.29) is 42.5 Å². The van der Waals surface area contributed by atoms with Gasteiger partial charge in [-0.3, -0.25) is 5.43 Å². The van der Waals surface area contributed by atoms with Gasteiger partial charge in [0.15, 0.2) is 6.23 Å². The van der Waals surface area contributed by atoms with Gasteiger partial charge in [-0.25, -0.2) is 18.2 Å². The number of hydrogen-bond acceptors (Lipinski definition) is 8. The Kier molecular flexibility index (Phi) is 6.67. The zero-order valence-electron chi connectivity index (χ0n) is 20.0. The minimum atomic E-state index is -3.77. The lowest BCUT2D eigenvalue weighted by Gasteiger charge is -2.43. The lowest BCUT2D eigenvalue weighted by atomic mass is 10.1. The summed E-state index contributed by atoms with van der Waals surface area (Å²) in [7, 11) is -1.81. The molecule has 0 spiro atoms. The number of fused-ring (bicyclic) bond motifs is 1. The second-order valence-electron chi connectivity index (χ2n) is 9.05. The third-order valence-electron chi connectivity index (χ3n) is 6.90. The molecule has 1 aromatic carbocycles. The zero-order chi connectivity index (χ0) is 25.6. The van der Waals surface area contributed by atoms with E-state index in [0.29, 0.717) is 30.3 Å². The van der Waals surface area contributed by atoms with Crippen molar-refractivity contribution in [3.05, 3.63) is 40.9 Å². The molecule has 5 rings (SSSR count). The monoisotopic (exact) mass is 550 g/mol. The van der Waals surface area contributed by atoms with E-state index in [1.54, 1.807) is 29.2 Å². The number of urea groups is 1. The van der Waals surface area contributed by atoms with Gasteiger partial charge in [0.1, 0.15) is 4.21 Å². The average molecular weight is 551 g/mol. The molecule has 1 fully saturated rings. The van der Waals surface area contributed by atoms with E-state index in [1.165, 1.54) is 20.7 Å². The van der Waals surface area contributed by atoms with Gasteiger partial charge < -0.3 is 14.5 Å². The largest absolute Gasteiger partial charge is 0.453 e. The number of thiophene rings is 1. The van der Waals surface area contributed by atoms with Crippen LogP contribution in [0.25, 0.3) is 10.1 Å². The SMILES string of the molecule is CC1OC2=C(CCN(C(=O)N3CCN(S(=O)(=O)c4cc5ccc(Cl)cc5s4)CC3CCC#N)N2)N1C. The number of ether oxygens (including phenoxy) is 1. The smallest absolute Gasteiger partial charge is 0.339 e. The number of carbonyl (C=O) groups is 1. The van der Waals surface area contributed by atoms with Crippen LogP contribution in [-0.4, -0.2) is 79.1 Å². The van der Waals surface area contributed by atoms with E-state index in [1.807, 2.05) is 18.9 Å². The Balaban J connectivity index is 1.33. The second-order valence-corrected chi connectivity index (χ2v) is 12.7. The Labute approximate surface area is 219 Å². The molecule has 3 aliphatic rings. The van der Waals surface area contributed by atoms with Crippen molar-refractivity contribution in [1.29, 1.82) is 5.26 Å². The summed E-state index contributed by atoms with van der Waals surface area (Å²) in [6.07, 6.45) is 1.15. The fraction of sp³-hybridized carbons (Fsp3) is 0.478. The Bertz CT molecular complexity index is 1370. The number of carbonyl (C=O) groups excluding carboxylic acids is 1. The summed E-state index contributed by atoms with van der Waals surface area (Å²) in [6.45, 7) is 2.93. The molecule has 0 saturated carbocycles. The van der Waals surface area contributed by atoms with Crippen LogP contribution in [0.1, 0.15) is 26.2 Å². The summed E-state index contributed by atoms with van der Waals surface area (Å²) < 4.78 is 35.3. The maximum absolute atomic E-state index is 13.5. The molecule has 13 heteroatoms. The predicted octanol–water partition coefficient (Wildman–Crippen LogP) is 3.34. The molecule has 2 atom stereocenters. The number of amides is 2. The molecule has 192 valence electrons. The minimum Gasteiger partial charge on any atom is -0.453 e. The standard InChI is InChI=1S/C23H27ClN6O4S2/c1-15-27(2)19-7-9-30(26-22(19)34-15)23(31)29-11-10-28(14-18(29)4-3-8-25)36(32,33)21-12-16-5-6-17(24)13-20(16)35-21/h5-6,12-13,15,18,26H,3-4,7,9-11,14H2,1-2H3. The third kappa shape index (κ3) is 4.45. The van der Waals surface area contributed by atoms with Gasteiger partial charge in [-0.1, -0.05) is 17.7 Å². The van der Waals surface area contributed by atoms with Crippen LogP contribution in [0.2, 0.25) is 5.02 Å². The van der Waals surface area contributed by atoms with Gasteiger partial charge in [0, 0.05) is 61.8 Å². The molecule has 2 unspecified atom stereocenters. The van der Waals surface area contributed by atoms with Crippen LogP contribution in [0.4, 0.5) is 4.79 Å². The van der Waals surface area contributed by atoms with Crippen LogP contribution >= 0.6 is 22.9 Å². The highest BCUT2D eigenvalue weighted by Gasteiger charge is 2.40. The van der Waals surface area contributed by atoms with Crippen molar-refractivity contribution in [3.8, 4) is 6.07 Å². The molecule has 1 N–H and O–H groups in total. The third-order valence-corrected chi connectivity index (χ3v) is 10.5. The molecule has 3 aliphatic heterocycles. The van der Waals surface area contributed by atoms with Crippen molar-refractivity contribution < 1.29 is 17.9 Å². The molecule has 2 amide bonds. The van der Waals surface area contributed by atoms with Gasteiger partial charge in [0.2, 0.25) is 5.88 Å². The second kappa shape index (κ2) is 9.63. The van der Waals surface area contributed by atoms with E-state index in [0.717, 1.165) is 15.8 Å². The van der Waals surface area contributed by atoms with Crippen LogP contribution in [0.5, 0.6) is 0 Å². The Morgan fingerprint density at radius 3 is 2.89 bits per heavy atom. The molecule has 1 saturated heterocycles. The summed E-state index contributed by atoms with van der Waals surface area (Å²) in [5.41, 5.74) is 4.11. The van der Waals surface area contributed by atoms with Gasteiger partial charge >= 0.3 is 6.03 Å². The lowest BCUT2D eigenvalue weighted by molar-refractivity contribution is 0.0420. The summed E-state index contributed by atoms with van der Waals surface area (Å²) >= 11 is 7.26. The Morgan fingerprint density at radius 1 is 1.31 bits per heavy atom. The Hall–Kier alpha value is -2.72. The molecule has 1 aromatic heterocycles. The zero-order valence-corrected chi connectivity index (χ0v) is 22.4. The highest BCUT2D eigenvalue weighted by molar-refractivity contribution is 7.91. The molecule has 36 heavy (non-hydrogen) atoms. The van der Waals surface area contributed by atoms with Gasteiger partial charge in [-0.05, 0) is 36.9 Å². The Morgan fingerprint density at radius 2 is 2.11 bits per heavy atom. The van der Waals surface area contributed by atoms with E-state index >= 15 is 0 Å².